The summed E-state index contributed by atoms with van der Waals surface area (Å²) >= 11 is 6.19. The van der Waals surface area contributed by atoms with E-state index in [0.717, 1.165) is 24.3 Å². The molecule has 0 radical (unpaired) electrons. The third-order valence-electron chi connectivity index (χ3n) is 3.56. The number of halogens is 1. The molecule has 1 heterocycles. The number of nitrogens with one attached hydrogen (secondary N) is 2. The Bertz CT molecular complexity index is 476. The van der Waals surface area contributed by atoms with Crippen LogP contribution in [0, 0.1) is 5.92 Å². The average molecular weight is 282 g/mol. The average Bonchev–Trinajstić information content (AvgIpc) is 2.75. The number of amides is 1. The Hall–Kier alpha value is -1.26. The van der Waals surface area contributed by atoms with Crippen LogP contribution < -0.4 is 15.5 Å². The van der Waals surface area contributed by atoms with Crippen LogP contribution in [0.1, 0.15) is 13.3 Å². The molecule has 19 heavy (non-hydrogen) atoms. The maximum Gasteiger partial charge on any atom is 0.229 e. The second kappa shape index (κ2) is 5.80. The van der Waals surface area contributed by atoms with Crippen LogP contribution in [0.2, 0.25) is 5.02 Å². The number of carbonyl (C=O) groups is 1. The minimum absolute atomic E-state index is 0.0345. The third kappa shape index (κ3) is 3.19. The molecule has 0 saturated carbocycles. The molecule has 4 nitrogen and oxygen atoms in total. The van der Waals surface area contributed by atoms with Gasteiger partial charge in [-0.15, -0.1) is 0 Å². The first-order valence-electron chi connectivity index (χ1n) is 6.50. The van der Waals surface area contributed by atoms with E-state index >= 15 is 0 Å². The van der Waals surface area contributed by atoms with Gasteiger partial charge in [-0.25, -0.2) is 0 Å². The van der Waals surface area contributed by atoms with Crippen molar-refractivity contribution in [1.82, 2.24) is 5.32 Å². The number of benzene rings is 1. The van der Waals surface area contributed by atoms with E-state index in [1.165, 1.54) is 0 Å². The van der Waals surface area contributed by atoms with Crippen LogP contribution in [-0.2, 0) is 4.79 Å². The number of nitrogens with zero attached hydrogens (tertiary/aromatic N) is 1. The van der Waals surface area contributed by atoms with Gasteiger partial charge in [0.2, 0.25) is 5.91 Å². The molecule has 2 unspecified atom stereocenters. The second-order valence-electron chi connectivity index (χ2n) is 5.19. The van der Waals surface area contributed by atoms with Gasteiger partial charge in [-0.2, -0.15) is 0 Å². The quantitative estimate of drug-likeness (QED) is 0.894. The van der Waals surface area contributed by atoms with Gasteiger partial charge in [-0.1, -0.05) is 11.6 Å². The molecule has 1 saturated heterocycles. The predicted molar refractivity (Wildman–Crippen MR) is 80.0 cm³/mol. The summed E-state index contributed by atoms with van der Waals surface area (Å²) in [6.07, 6.45) is 0.885. The lowest BCUT2D eigenvalue weighted by Crippen LogP contribution is -2.32. The Morgan fingerprint density at radius 3 is 2.74 bits per heavy atom. The number of rotatable bonds is 3. The largest absolute Gasteiger partial charge is 0.376 e. The van der Waals surface area contributed by atoms with Crippen molar-refractivity contribution >= 4 is 28.9 Å². The minimum atomic E-state index is 0.0345. The summed E-state index contributed by atoms with van der Waals surface area (Å²) in [6.45, 7) is 2.94. The number of hydrogen-bond acceptors (Lipinski definition) is 3. The summed E-state index contributed by atoms with van der Waals surface area (Å²) in [5, 5.41) is 6.86. The molecule has 1 aliphatic rings. The molecule has 1 aromatic carbocycles. The number of anilines is 2. The molecule has 1 amide bonds. The molecule has 2 atom stereocenters. The molecule has 0 aromatic heterocycles. The lowest BCUT2D eigenvalue weighted by molar-refractivity contribution is -0.119. The van der Waals surface area contributed by atoms with Crippen LogP contribution >= 0.6 is 11.6 Å². The van der Waals surface area contributed by atoms with Crippen molar-refractivity contribution in [3.05, 3.63) is 23.2 Å². The monoisotopic (exact) mass is 281 g/mol. The van der Waals surface area contributed by atoms with E-state index in [1.54, 1.807) is 6.07 Å². The third-order valence-corrected chi connectivity index (χ3v) is 3.86. The fourth-order valence-electron chi connectivity index (χ4n) is 2.40. The maximum atomic E-state index is 12.2. The summed E-state index contributed by atoms with van der Waals surface area (Å²) in [5.74, 6) is 0.0958. The first-order valence-corrected chi connectivity index (χ1v) is 6.88. The summed E-state index contributed by atoms with van der Waals surface area (Å²) in [7, 11) is 3.87. The van der Waals surface area contributed by atoms with Gasteiger partial charge >= 0.3 is 0 Å². The first-order chi connectivity index (χ1) is 8.99. The van der Waals surface area contributed by atoms with Gasteiger partial charge < -0.3 is 15.5 Å². The van der Waals surface area contributed by atoms with Crippen molar-refractivity contribution in [3.8, 4) is 0 Å². The SMILES string of the molecule is CC1NCCC1C(=O)Nc1ccc(N(C)C)c(Cl)c1. The Balaban J connectivity index is 2.07. The molecular weight excluding hydrogens is 262 g/mol. The molecule has 1 aromatic rings. The highest BCUT2D eigenvalue weighted by Gasteiger charge is 2.29. The lowest BCUT2D eigenvalue weighted by Gasteiger charge is -2.17. The molecule has 5 heteroatoms. The Morgan fingerprint density at radius 2 is 2.21 bits per heavy atom. The second-order valence-corrected chi connectivity index (χ2v) is 5.60. The zero-order chi connectivity index (χ0) is 14.0. The van der Waals surface area contributed by atoms with Crippen LogP contribution in [0.15, 0.2) is 18.2 Å². The normalized spacial score (nSPS) is 22.3. The first kappa shape index (κ1) is 14.2. The molecule has 104 valence electrons. The number of hydrogen-bond donors (Lipinski definition) is 2. The van der Waals surface area contributed by atoms with Gasteiger partial charge in [0.15, 0.2) is 0 Å². The highest BCUT2D eigenvalue weighted by atomic mass is 35.5. The molecule has 1 aliphatic heterocycles. The smallest absolute Gasteiger partial charge is 0.229 e. The molecular formula is C14H20ClN3O. The van der Waals surface area contributed by atoms with Crippen molar-refractivity contribution < 1.29 is 4.79 Å². The van der Waals surface area contributed by atoms with E-state index in [1.807, 2.05) is 38.1 Å². The fraction of sp³-hybridized carbons (Fsp3) is 0.500. The van der Waals surface area contributed by atoms with E-state index in [2.05, 4.69) is 10.6 Å². The van der Waals surface area contributed by atoms with E-state index in [4.69, 9.17) is 11.6 Å². The van der Waals surface area contributed by atoms with Crippen molar-refractivity contribution in [2.45, 2.75) is 19.4 Å². The summed E-state index contributed by atoms with van der Waals surface area (Å²) in [5.41, 5.74) is 1.69. The van der Waals surface area contributed by atoms with E-state index in [0.29, 0.717) is 5.02 Å². The van der Waals surface area contributed by atoms with Gasteiger partial charge in [-0.05, 0) is 38.1 Å². The van der Waals surface area contributed by atoms with Gasteiger partial charge in [-0.3, -0.25) is 4.79 Å². The van der Waals surface area contributed by atoms with Gasteiger partial charge in [0.05, 0.1) is 16.6 Å². The standard InChI is InChI=1S/C14H20ClN3O/c1-9-11(6-7-16-9)14(19)17-10-4-5-13(18(2)3)12(15)8-10/h4-5,8-9,11,16H,6-7H2,1-3H3,(H,17,19). The molecule has 0 aliphatic carbocycles. The zero-order valence-corrected chi connectivity index (χ0v) is 12.3. The van der Waals surface area contributed by atoms with Gasteiger partial charge in [0.25, 0.3) is 0 Å². The maximum absolute atomic E-state index is 12.2. The zero-order valence-electron chi connectivity index (χ0n) is 11.5. The summed E-state index contributed by atoms with van der Waals surface area (Å²) in [4.78, 5) is 14.1. The van der Waals surface area contributed by atoms with Crippen molar-refractivity contribution in [2.75, 3.05) is 30.9 Å². The highest BCUT2D eigenvalue weighted by molar-refractivity contribution is 6.33. The minimum Gasteiger partial charge on any atom is -0.376 e. The van der Waals surface area contributed by atoms with Crippen LogP contribution in [0.4, 0.5) is 11.4 Å². The highest BCUT2D eigenvalue weighted by Crippen LogP contribution is 2.28. The summed E-state index contributed by atoms with van der Waals surface area (Å²) in [6, 6.07) is 5.82. The lowest BCUT2D eigenvalue weighted by atomic mass is 10.0. The van der Waals surface area contributed by atoms with Crippen molar-refractivity contribution in [1.29, 1.82) is 0 Å². The van der Waals surface area contributed by atoms with E-state index in [9.17, 15) is 4.79 Å². The Morgan fingerprint density at radius 1 is 1.47 bits per heavy atom. The molecule has 0 spiro atoms. The van der Waals surface area contributed by atoms with E-state index in [-0.39, 0.29) is 17.9 Å². The van der Waals surface area contributed by atoms with Crippen LogP contribution in [0.5, 0.6) is 0 Å². The van der Waals surface area contributed by atoms with Gasteiger partial charge in [0.1, 0.15) is 0 Å². The number of carbonyl (C=O) groups excluding carboxylic acids is 1. The van der Waals surface area contributed by atoms with Crippen molar-refractivity contribution in [2.24, 2.45) is 5.92 Å². The van der Waals surface area contributed by atoms with Crippen molar-refractivity contribution in [3.63, 3.8) is 0 Å². The van der Waals surface area contributed by atoms with Gasteiger partial charge in [0, 0.05) is 25.8 Å². The van der Waals surface area contributed by atoms with Crippen LogP contribution in [0.3, 0.4) is 0 Å². The Kier molecular flexibility index (Phi) is 4.32. The summed E-state index contributed by atoms with van der Waals surface area (Å²) < 4.78 is 0. The molecule has 2 N–H and O–H groups in total. The van der Waals surface area contributed by atoms with E-state index < -0.39 is 0 Å². The predicted octanol–water partition coefficient (Wildman–Crippen LogP) is 2.34. The van der Waals surface area contributed by atoms with Crippen LogP contribution in [-0.4, -0.2) is 32.6 Å². The topological polar surface area (TPSA) is 44.4 Å². The molecule has 2 rings (SSSR count). The fourth-order valence-corrected chi connectivity index (χ4v) is 2.75. The molecule has 0 bridgehead atoms. The molecule has 1 fully saturated rings. The Labute approximate surface area is 119 Å². The van der Waals surface area contributed by atoms with Crippen LogP contribution in [0.25, 0.3) is 0 Å².